The maximum absolute atomic E-state index is 13.3. The van der Waals surface area contributed by atoms with Crippen LogP contribution in [0, 0.1) is 0 Å². The van der Waals surface area contributed by atoms with E-state index in [0.29, 0.717) is 55.6 Å². The monoisotopic (exact) mass is 735 g/mol. The Morgan fingerprint density at radius 2 is 0.925 bits per heavy atom. The zero-order valence-corrected chi connectivity index (χ0v) is 29.9. The van der Waals surface area contributed by atoms with Gasteiger partial charge in [-0.1, -0.05) is 0 Å². The average Bonchev–Trinajstić information content (AvgIpc) is 3.15. The maximum Gasteiger partial charge on any atom is 0.246 e. The van der Waals surface area contributed by atoms with E-state index in [1.165, 1.54) is 83.1 Å². The number of benzene rings is 3. The Kier molecular flexibility index (Phi) is 15.7. The van der Waals surface area contributed by atoms with Crippen LogP contribution in [-0.2, 0) is 14.4 Å². The molecule has 0 fully saturated rings. The number of carbonyl (C=O) groups excluding carboxylic acids is 3. The van der Waals surface area contributed by atoms with Gasteiger partial charge >= 0.3 is 0 Å². The molecule has 284 valence electrons. The van der Waals surface area contributed by atoms with Crippen LogP contribution in [0.2, 0.25) is 0 Å². The minimum absolute atomic E-state index is 0.0419. The van der Waals surface area contributed by atoms with E-state index in [1.54, 1.807) is 23.1 Å². The highest BCUT2D eigenvalue weighted by molar-refractivity contribution is 5.93. The number of unbranched alkanes of at least 4 members (excludes halogenated alkanes) is 1. The maximum atomic E-state index is 13.3. The summed E-state index contributed by atoms with van der Waals surface area (Å²) in [6.07, 6.45) is 9.92. The molecule has 0 bridgehead atoms. The minimum atomic E-state index is -0.417. The van der Waals surface area contributed by atoms with Crippen molar-refractivity contribution in [3.05, 3.63) is 71.3 Å². The number of hydrogen-bond donors (Lipinski definition) is 7. The number of ether oxygens (including phenoxy) is 4. The summed E-state index contributed by atoms with van der Waals surface area (Å²) in [5.74, 6) is -2.36. The summed E-state index contributed by atoms with van der Waals surface area (Å²) in [7, 11) is 5.48. The van der Waals surface area contributed by atoms with Gasteiger partial charge in [0.25, 0.3) is 0 Å². The highest BCUT2D eigenvalue weighted by Crippen LogP contribution is 2.38. The van der Waals surface area contributed by atoms with Gasteiger partial charge in [-0.25, -0.2) is 0 Å². The lowest BCUT2D eigenvalue weighted by molar-refractivity contribution is -0.126. The molecule has 0 radical (unpaired) electrons. The van der Waals surface area contributed by atoms with Gasteiger partial charge in [0, 0.05) is 44.4 Å². The van der Waals surface area contributed by atoms with Crippen LogP contribution < -0.4 is 29.6 Å². The van der Waals surface area contributed by atoms with Gasteiger partial charge in [0.2, 0.25) is 35.0 Å². The molecule has 0 atom stereocenters. The summed E-state index contributed by atoms with van der Waals surface area (Å²) >= 11 is 0. The number of rotatable bonds is 19. The van der Waals surface area contributed by atoms with Crippen molar-refractivity contribution in [2.45, 2.75) is 19.3 Å². The second-order valence-electron chi connectivity index (χ2n) is 11.4. The molecule has 0 heterocycles. The Morgan fingerprint density at radius 3 is 1.38 bits per heavy atom. The normalized spacial score (nSPS) is 11.2. The summed E-state index contributed by atoms with van der Waals surface area (Å²) in [6, 6.07) is 8.62. The summed E-state index contributed by atoms with van der Waals surface area (Å²) in [4.78, 5) is 39.7. The van der Waals surface area contributed by atoms with E-state index in [0.717, 1.165) is 0 Å². The molecule has 53 heavy (non-hydrogen) atoms. The third-order valence-corrected chi connectivity index (χ3v) is 7.74. The number of phenols is 5. The number of methoxy groups -OCH3 is 4. The summed E-state index contributed by atoms with van der Waals surface area (Å²) in [5, 5.41) is 55.1. The Morgan fingerprint density at radius 1 is 0.547 bits per heavy atom. The van der Waals surface area contributed by atoms with Crippen LogP contribution >= 0.6 is 0 Å². The van der Waals surface area contributed by atoms with E-state index in [1.807, 2.05) is 0 Å². The van der Waals surface area contributed by atoms with Gasteiger partial charge in [-0.15, -0.1) is 0 Å². The van der Waals surface area contributed by atoms with Crippen molar-refractivity contribution in [3.8, 4) is 51.7 Å². The summed E-state index contributed by atoms with van der Waals surface area (Å²) in [5.41, 5.74) is 1.44. The van der Waals surface area contributed by atoms with E-state index < -0.39 is 17.2 Å². The number of phenolic OH excluding ortho intramolecular Hbond substituents is 5. The lowest BCUT2D eigenvalue weighted by atomic mass is 10.1. The standard InChI is InChI=1S/C38H45N3O12/c1-50-29-20-24(18-27(42)36(29)47)8-11-33(44)39-14-5-6-16-41(35(46)13-10-25-19-28(43)37(48)30(21-25)51-2)17-7-15-40-34(45)12-9-26-22-31(52-3)38(49)32(23-26)53-4/h8-13,18-23,42-43,47-49H,5-7,14-17H2,1-4H3,(H,39,44)(H,40,45)/b11-8+,12-9+,13-10+. The van der Waals surface area contributed by atoms with E-state index in [9.17, 15) is 39.9 Å². The van der Waals surface area contributed by atoms with Gasteiger partial charge in [0.1, 0.15) is 0 Å². The fraction of sp³-hybridized carbons (Fsp3) is 0.289. The number of nitrogens with one attached hydrogen (secondary N) is 2. The Balaban J connectivity index is 1.57. The Labute approximate surface area is 307 Å². The Hall–Kier alpha value is -6.51. The van der Waals surface area contributed by atoms with Crippen molar-refractivity contribution < 1.29 is 58.9 Å². The van der Waals surface area contributed by atoms with Gasteiger partial charge in [-0.2, -0.15) is 0 Å². The highest BCUT2D eigenvalue weighted by atomic mass is 16.5. The molecule has 3 aromatic rings. The number of nitrogens with zero attached hydrogens (tertiary/aromatic N) is 1. The SMILES string of the molecule is COc1cc(/C=C/C(=O)NCCCCN(CCCNC(=O)/C=C/c2cc(OC)c(O)c(OC)c2)C(=O)/C=C/c2cc(O)c(O)c(OC)c2)cc(O)c1O. The average molecular weight is 736 g/mol. The number of carbonyl (C=O) groups is 3. The molecule has 3 rings (SSSR count). The van der Waals surface area contributed by atoms with Crippen LogP contribution in [0.25, 0.3) is 18.2 Å². The molecule has 3 aromatic carbocycles. The van der Waals surface area contributed by atoms with Gasteiger partial charge in [-0.3, -0.25) is 14.4 Å². The molecule has 0 saturated carbocycles. The molecule has 0 aliphatic heterocycles. The fourth-order valence-electron chi connectivity index (χ4n) is 4.93. The molecule has 3 amide bonds. The molecular formula is C38H45N3O12. The van der Waals surface area contributed by atoms with Crippen molar-refractivity contribution in [2.24, 2.45) is 0 Å². The highest BCUT2D eigenvalue weighted by Gasteiger charge is 2.14. The van der Waals surface area contributed by atoms with Crippen LogP contribution in [-0.4, -0.2) is 103 Å². The first-order chi connectivity index (χ1) is 25.4. The minimum Gasteiger partial charge on any atom is -0.504 e. The molecule has 15 nitrogen and oxygen atoms in total. The smallest absolute Gasteiger partial charge is 0.246 e. The molecule has 0 saturated heterocycles. The van der Waals surface area contributed by atoms with Gasteiger partial charge in [0.15, 0.2) is 34.5 Å². The second-order valence-corrected chi connectivity index (χ2v) is 11.4. The lowest BCUT2D eigenvalue weighted by Crippen LogP contribution is -2.34. The van der Waals surface area contributed by atoms with Crippen molar-refractivity contribution in [2.75, 3.05) is 54.6 Å². The molecule has 0 unspecified atom stereocenters. The zero-order valence-electron chi connectivity index (χ0n) is 29.9. The zero-order chi connectivity index (χ0) is 38.9. The predicted octanol–water partition coefficient (Wildman–Crippen LogP) is 3.92. The van der Waals surface area contributed by atoms with E-state index >= 15 is 0 Å². The lowest BCUT2D eigenvalue weighted by Gasteiger charge is -2.21. The molecule has 7 N–H and O–H groups in total. The van der Waals surface area contributed by atoms with Crippen molar-refractivity contribution in [1.82, 2.24) is 15.5 Å². The quantitative estimate of drug-likeness (QED) is 0.0530. The Bertz CT molecular complexity index is 1810. The summed E-state index contributed by atoms with van der Waals surface area (Å²) in [6.45, 7) is 1.21. The largest absolute Gasteiger partial charge is 0.504 e. The number of hydrogen-bond acceptors (Lipinski definition) is 12. The van der Waals surface area contributed by atoms with Gasteiger partial charge in [0.05, 0.1) is 28.4 Å². The van der Waals surface area contributed by atoms with Crippen molar-refractivity contribution in [3.63, 3.8) is 0 Å². The van der Waals surface area contributed by atoms with Crippen LogP contribution in [0.3, 0.4) is 0 Å². The molecule has 15 heteroatoms. The third kappa shape index (κ3) is 12.3. The fourth-order valence-corrected chi connectivity index (χ4v) is 4.93. The first-order valence-corrected chi connectivity index (χ1v) is 16.4. The molecule has 0 aromatic heterocycles. The van der Waals surface area contributed by atoms with Crippen molar-refractivity contribution >= 4 is 35.9 Å². The molecular weight excluding hydrogens is 690 g/mol. The number of aromatic hydroxyl groups is 5. The second kappa shape index (κ2) is 20.4. The predicted molar refractivity (Wildman–Crippen MR) is 197 cm³/mol. The van der Waals surface area contributed by atoms with E-state index in [-0.39, 0.29) is 58.8 Å². The van der Waals surface area contributed by atoms with Crippen LogP contribution in [0.5, 0.6) is 51.7 Å². The van der Waals surface area contributed by atoms with Crippen LogP contribution in [0.1, 0.15) is 36.0 Å². The van der Waals surface area contributed by atoms with Gasteiger partial charge in [-0.05, 0) is 90.6 Å². The first-order valence-electron chi connectivity index (χ1n) is 16.4. The number of amides is 3. The topological polar surface area (TPSA) is 217 Å². The molecule has 0 aliphatic rings. The van der Waals surface area contributed by atoms with Crippen molar-refractivity contribution in [1.29, 1.82) is 0 Å². The molecule has 0 spiro atoms. The third-order valence-electron chi connectivity index (χ3n) is 7.74. The first kappa shape index (κ1) is 40.9. The van der Waals surface area contributed by atoms with Crippen LogP contribution in [0.4, 0.5) is 0 Å². The van der Waals surface area contributed by atoms with Gasteiger partial charge < -0.3 is 60.0 Å². The van der Waals surface area contributed by atoms with E-state index in [2.05, 4.69) is 10.6 Å². The molecule has 0 aliphatic carbocycles. The van der Waals surface area contributed by atoms with E-state index in [4.69, 9.17) is 18.9 Å². The van der Waals surface area contributed by atoms with Crippen LogP contribution in [0.15, 0.2) is 54.6 Å². The summed E-state index contributed by atoms with van der Waals surface area (Å²) < 4.78 is 20.4.